The van der Waals surface area contributed by atoms with Gasteiger partial charge in [0.05, 0.1) is 60.1 Å². The van der Waals surface area contributed by atoms with Crippen molar-refractivity contribution in [3.05, 3.63) is 29.3 Å². The zero-order valence-electron chi connectivity index (χ0n) is 47.9. The van der Waals surface area contributed by atoms with Crippen LogP contribution in [0.15, 0.2) is 23.2 Å². The first-order valence-electron chi connectivity index (χ1n) is 28.3. The number of H-pyrrole nitrogens is 1. The summed E-state index contributed by atoms with van der Waals surface area (Å²) in [6.07, 6.45) is -2.85. The van der Waals surface area contributed by atoms with Gasteiger partial charge in [0.25, 0.3) is 11.8 Å². The number of nitrogens with one attached hydrogen (secondary N) is 6. The number of aliphatic hydroxyl groups excluding tert-OH is 1. The summed E-state index contributed by atoms with van der Waals surface area (Å²) in [5.41, 5.74) is 1.42. The lowest BCUT2D eigenvalue weighted by Crippen LogP contribution is -2.55. The van der Waals surface area contributed by atoms with Crippen LogP contribution in [0.2, 0.25) is 0 Å². The zero-order valence-corrected chi connectivity index (χ0v) is 50.4. The Balaban J connectivity index is 1.36. The number of fused-ring (bicyclic) bond motifs is 5. The Bertz CT molecular complexity index is 2920. The standard InChI is InChI=1S/C56H75N9O17S3/c1-5-29(3)50-43(70)16-32-15-38-37-14-31(13-34(66)9-7-8-10-35(67)23-64-46(73)26-83-28-84-27-47(74)65(64)24-49(77)78)11-12-39(37)60-55(38)85-25-40(59-44(71)20-58-54(81)51(30(4)6-2)61-45(72)21-57-52(32)79)42(69)17-33(18-48(75)76)56(82)63-22-36(68)19-41(63)53(80)62-50/h11-12,14,29-30,32-33,36,40-41,50-51,60,68H,5-10,13,15-28H2,1-4H3,(H,57,79)(H,58,81)(H,59,71)(H,61,72)(H,62,80)(H,75,76)(H,77,78)/t29?,30-,32+,33-,36+,40-,41-,50-,51-/m0/s1. The highest BCUT2D eigenvalue weighted by molar-refractivity contribution is 8.16. The molecule has 1 unspecified atom stereocenters. The zero-order chi connectivity index (χ0) is 62.2. The summed E-state index contributed by atoms with van der Waals surface area (Å²) in [4.78, 5) is 195. The molecule has 1 aromatic carbocycles. The fourth-order valence-corrected chi connectivity index (χ4v) is 13.5. The summed E-state index contributed by atoms with van der Waals surface area (Å²) in [7, 11) is 0. The van der Waals surface area contributed by atoms with Gasteiger partial charge >= 0.3 is 11.9 Å². The number of carboxylic acid groups (broad SMARTS) is 2. The molecular formula is C56H75N9O17S3. The second kappa shape index (κ2) is 31.5. The first-order chi connectivity index (χ1) is 40.4. The summed E-state index contributed by atoms with van der Waals surface area (Å²) in [6, 6.07) is -0.261. The number of ketones is 4. The molecule has 0 saturated carbocycles. The van der Waals surface area contributed by atoms with E-state index >= 15 is 0 Å². The highest BCUT2D eigenvalue weighted by Crippen LogP contribution is 2.35. The molecule has 5 heterocycles. The summed E-state index contributed by atoms with van der Waals surface area (Å²) >= 11 is 3.48. The normalized spacial score (nSPS) is 24.8. The van der Waals surface area contributed by atoms with Crippen LogP contribution in [0.4, 0.5) is 0 Å². The molecular weight excluding hydrogens is 1170 g/mol. The highest BCUT2D eigenvalue weighted by Gasteiger charge is 2.44. The minimum Gasteiger partial charge on any atom is -0.481 e. The predicted molar refractivity (Wildman–Crippen MR) is 311 cm³/mol. The van der Waals surface area contributed by atoms with Crippen LogP contribution in [0.1, 0.15) is 103 Å². The number of aliphatic carboxylic acids is 2. The molecule has 9 N–H and O–H groups in total. The van der Waals surface area contributed by atoms with Crippen LogP contribution >= 0.6 is 35.3 Å². The molecule has 2 fully saturated rings. The lowest BCUT2D eigenvalue weighted by atomic mass is 9.86. The molecule has 0 spiro atoms. The highest BCUT2D eigenvalue weighted by atomic mass is 32.2. The number of nitrogens with zero attached hydrogens (tertiary/aromatic N) is 3. The number of carboxylic acids is 2. The third kappa shape index (κ3) is 18.8. The van der Waals surface area contributed by atoms with Crippen molar-refractivity contribution in [1.82, 2.24) is 46.5 Å². The number of unbranched alkanes of at least 4 members (excludes halogenated alkanes) is 1. The van der Waals surface area contributed by atoms with Crippen molar-refractivity contribution in [2.24, 2.45) is 23.7 Å². The molecule has 29 heteroatoms. The van der Waals surface area contributed by atoms with Crippen molar-refractivity contribution in [2.45, 2.75) is 140 Å². The molecule has 2 bridgehead atoms. The van der Waals surface area contributed by atoms with Crippen LogP contribution < -0.4 is 26.6 Å². The van der Waals surface area contributed by atoms with E-state index in [1.807, 2.05) is 0 Å². The maximum absolute atomic E-state index is 14.8. The van der Waals surface area contributed by atoms with Gasteiger partial charge in [0, 0.05) is 72.7 Å². The second-order valence-electron chi connectivity index (χ2n) is 22.0. The predicted octanol–water partition coefficient (Wildman–Crippen LogP) is 0.531. The topological polar surface area (TPSA) is 385 Å². The molecule has 4 aliphatic rings. The molecule has 9 atom stereocenters. The van der Waals surface area contributed by atoms with Gasteiger partial charge in [0.1, 0.15) is 31.0 Å². The van der Waals surface area contributed by atoms with Crippen molar-refractivity contribution >= 4 is 129 Å². The Kier molecular flexibility index (Phi) is 24.9. The molecule has 2 saturated heterocycles. The van der Waals surface area contributed by atoms with Crippen LogP contribution in [-0.2, 0) is 80.0 Å². The van der Waals surface area contributed by atoms with Crippen LogP contribution in [0.25, 0.3) is 10.9 Å². The SMILES string of the molecule is CCC(C)[C@@H]1NC(=O)[C@@H]2C[C@@H](O)CN2C(=O)[C@H](CC(=O)O)CC(=O)[C@@H]2CSc3[nH]c4ccc(CC(=O)CCCCC(=O)CN5C(=O)CSCSCC(=O)N5CC(=O)O)cc4c3C[C@H](CC1=O)C(=O)NCC(=O)N[C@@H]([C@@H](C)CC)C(=O)NCC(=O)N2. The van der Waals surface area contributed by atoms with Crippen molar-refractivity contribution in [2.75, 3.05) is 55.1 Å². The molecule has 6 rings (SSSR count). The minimum absolute atomic E-state index is 0.0273. The van der Waals surface area contributed by atoms with E-state index in [0.29, 0.717) is 45.0 Å². The minimum atomic E-state index is -1.60. The number of rotatable bonds is 17. The number of carbonyl (C=O) groups is 14. The fourth-order valence-electron chi connectivity index (χ4n) is 10.5. The Labute approximate surface area is 503 Å². The molecule has 4 aliphatic heterocycles. The molecule has 0 radical (unpaired) electrons. The number of aliphatic hydroxyl groups is 1. The molecule has 85 heavy (non-hydrogen) atoms. The number of amides is 8. The number of benzene rings is 1. The average Bonchev–Trinajstić information content (AvgIpc) is 4.29. The van der Waals surface area contributed by atoms with Gasteiger partial charge in [-0.25, -0.2) is 10.0 Å². The van der Waals surface area contributed by atoms with Gasteiger partial charge in [-0.05, 0) is 54.4 Å². The first kappa shape index (κ1) is 67.3. The van der Waals surface area contributed by atoms with Crippen LogP contribution in [0, 0.1) is 23.7 Å². The lowest BCUT2D eigenvalue weighted by molar-refractivity contribution is -0.167. The van der Waals surface area contributed by atoms with Crippen molar-refractivity contribution < 1.29 is 82.4 Å². The number of thioether (sulfide) groups is 3. The van der Waals surface area contributed by atoms with Crippen molar-refractivity contribution in [3.63, 3.8) is 0 Å². The summed E-state index contributed by atoms with van der Waals surface area (Å²) in [5, 5.41) is 46.4. The van der Waals surface area contributed by atoms with E-state index < -0.39 is 182 Å². The van der Waals surface area contributed by atoms with E-state index in [0.717, 1.165) is 26.7 Å². The van der Waals surface area contributed by atoms with E-state index in [4.69, 9.17) is 0 Å². The smallest absolute Gasteiger partial charge is 0.325 e. The third-order valence-electron chi connectivity index (χ3n) is 15.6. The van der Waals surface area contributed by atoms with Gasteiger partial charge in [0.15, 0.2) is 17.3 Å². The number of aromatic amines is 1. The molecule has 0 aliphatic carbocycles. The molecule has 26 nitrogen and oxygen atoms in total. The number of Topliss-reactive ketones (excluding diaryl/α,β-unsaturated/α-hetero) is 4. The quantitative estimate of drug-likeness (QED) is 0.0976. The van der Waals surface area contributed by atoms with Crippen LogP contribution in [0.5, 0.6) is 0 Å². The number of hydrogen-bond donors (Lipinski definition) is 9. The van der Waals surface area contributed by atoms with Crippen molar-refractivity contribution in [3.8, 4) is 0 Å². The molecule has 464 valence electrons. The second-order valence-corrected chi connectivity index (χ2v) is 25.4. The third-order valence-corrected chi connectivity index (χ3v) is 18.9. The lowest BCUT2D eigenvalue weighted by Gasteiger charge is -2.32. The van der Waals surface area contributed by atoms with Gasteiger partial charge < -0.3 is 51.8 Å². The van der Waals surface area contributed by atoms with Gasteiger partial charge in [-0.2, -0.15) is 0 Å². The summed E-state index contributed by atoms with van der Waals surface area (Å²) in [6.45, 7) is 3.87. The van der Waals surface area contributed by atoms with E-state index in [1.165, 1.54) is 23.5 Å². The van der Waals surface area contributed by atoms with Gasteiger partial charge in [-0.1, -0.05) is 46.6 Å². The van der Waals surface area contributed by atoms with E-state index in [9.17, 15) is 82.4 Å². The van der Waals surface area contributed by atoms with Gasteiger partial charge in [-0.15, -0.1) is 35.3 Å². The van der Waals surface area contributed by atoms with Crippen LogP contribution in [0.3, 0.4) is 0 Å². The van der Waals surface area contributed by atoms with E-state index in [1.54, 1.807) is 45.9 Å². The Morgan fingerprint density at radius 2 is 1.33 bits per heavy atom. The monoisotopic (exact) mass is 1240 g/mol. The average molecular weight is 1240 g/mol. The van der Waals surface area contributed by atoms with E-state index in [2.05, 4.69) is 31.6 Å². The molecule has 1 aromatic heterocycles. The number of hydrogen-bond acceptors (Lipinski definition) is 18. The largest absolute Gasteiger partial charge is 0.481 e. The van der Waals surface area contributed by atoms with Gasteiger partial charge in [-0.3, -0.25) is 67.1 Å². The summed E-state index contributed by atoms with van der Waals surface area (Å²) in [5.74, 6) is -15.4. The summed E-state index contributed by atoms with van der Waals surface area (Å²) < 4.78 is 0. The number of aromatic nitrogens is 1. The van der Waals surface area contributed by atoms with Crippen molar-refractivity contribution in [1.29, 1.82) is 0 Å². The van der Waals surface area contributed by atoms with Crippen LogP contribution in [-0.4, -0.2) is 203 Å². The number of hydrazine groups is 1. The fraction of sp³-hybridized carbons (Fsp3) is 0.607. The molecule has 8 amide bonds. The van der Waals surface area contributed by atoms with Gasteiger partial charge in [0.2, 0.25) is 35.4 Å². The molecule has 2 aromatic rings. The Morgan fingerprint density at radius 1 is 0.706 bits per heavy atom. The first-order valence-corrected chi connectivity index (χ1v) is 31.6. The maximum atomic E-state index is 14.8. The maximum Gasteiger partial charge on any atom is 0.325 e. The number of carbonyl (C=O) groups excluding carboxylic acids is 12. The Hall–Kier alpha value is -6.85. The van der Waals surface area contributed by atoms with E-state index in [-0.39, 0.29) is 68.0 Å². The Morgan fingerprint density at radius 3 is 1.98 bits per heavy atom.